The molecule has 3 atom stereocenters. The van der Waals surface area contributed by atoms with Gasteiger partial charge in [0.05, 0.1) is 12.1 Å². The first kappa shape index (κ1) is 23.2. The minimum absolute atomic E-state index is 0.0291. The number of carboxylic acid groups (broad SMARTS) is 1. The molecule has 5 nitrogen and oxygen atoms in total. The number of benzene rings is 1. The Kier molecular flexibility index (Phi) is 8.43. The molecule has 1 saturated heterocycles. The van der Waals surface area contributed by atoms with Crippen LogP contribution >= 0.6 is 11.3 Å². The van der Waals surface area contributed by atoms with Gasteiger partial charge in [-0.15, -0.1) is 11.3 Å². The lowest BCUT2D eigenvalue weighted by molar-refractivity contribution is -0.128. The van der Waals surface area contributed by atoms with Crippen molar-refractivity contribution in [3.63, 3.8) is 0 Å². The summed E-state index contributed by atoms with van der Waals surface area (Å²) in [5.74, 6) is -0.601. The highest BCUT2D eigenvalue weighted by Crippen LogP contribution is 2.23. The van der Waals surface area contributed by atoms with E-state index in [1.165, 1.54) is 16.9 Å². The van der Waals surface area contributed by atoms with Gasteiger partial charge in [-0.1, -0.05) is 49.4 Å². The fourth-order valence-electron chi connectivity index (χ4n) is 3.94. The summed E-state index contributed by atoms with van der Waals surface area (Å²) in [4.78, 5) is 26.6. The summed E-state index contributed by atoms with van der Waals surface area (Å²) in [5, 5.41) is 19.6. The van der Waals surface area contributed by atoms with Gasteiger partial charge in [-0.3, -0.25) is 4.79 Å². The van der Waals surface area contributed by atoms with Crippen molar-refractivity contribution in [1.29, 1.82) is 0 Å². The molecule has 0 radical (unpaired) electrons. The van der Waals surface area contributed by atoms with Gasteiger partial charge in [0.15, 0.2) is 0 Å². The number of rotatable bonds is 11. The van der Waals surface area contributed by atoms with E-state index in [0.717, 1.165) is 37.0 Å². The van der Waals surface area contributed by atoms with E-state index in [9.17, 15) is 14.7 Å². The molecule has 1 unspecified atom stereocenters. The molecule has 0 bridgehead atoms. The Balaban J connectivity index is 1.46. The Morgan fingerprint density at radius 3 is 2.71 bits per heavy atom. The van der Waals surface area contributed by atoms with Gasteiger partial charge in [-0.05, 0) is 55.7 Å². The Morgan fingerprint density at radius 2 is 2.00 bits per heavy atom. The van der Waals surface area contributed by atoms with Crippen molar-refractivity contribution >= 4 is 23.2 Å². The van der Waals surface area contributed by atoms with Crippen LogP contribution in [-0.2, 0) is 17.6 Å². The van der Waals surface area contributed by atoms with Crippen molar-refractivity contribution in [2.45, 2.75) is 57.6 Å². The predicted molar refractivity (Wildman–Crippen MR) is 123 cm³/mol. The highest BCUT2D eigenvalue weighted by Gasteiger charge is 2.28. The number of aromatic carboxylic acids is 1. The normalized spacial score (nSPS) is 18.6. The Morgan fingerprint density at radius 1 is 1.23 bits per heavy atom. The SMILES string of the molecule is C[C@@H](CCc1ccccc1)[C@@H](O)C=CC1CCC(=O)N1CCCc1ccc(C(=O)O)s1. The second kappa shape index (κ2) is 11.3. The minimum atomic E-state index is -0.896. The van der Waals surface area contributed by atoms with Crippen LogP contribution in [0.1, 0.15) is 52.7 Å². The number of hydrogen-bond donors (Lipinski definition) is 2. The molecule has 1 aromatic heterocycles. The second-order valence-electron chi connectivity index (χ2n) is 8.24. The first-order valence-corrected chi connectivity index (χ1v) is 11.8. The van der Waals surface area contributed by atoms with E-state index in [1.54, 1.807) is 6.07 Å². The van der Waals surface area contributed by atoms with E-state index in [-0.39, 0.29) is 17.9 Å². The summed E-state index contributed by atoms with van der Waals surface area (Å²) in [7, 11) is 0. The maximum Gasteiger partial charge on any atom is 0.345 e. The van der Waals surface area contributed by atoms with Gasteiger partial charge >= 0.3 is 5.97 Å². The number of aliphatic hydroxyl groups excluding tert-OH is 1. The molecule has 6 heteroatoms. The quantitative estimate of drug-likeness (QED) is 0.501. The number of carbonyl (C=O) groups excluding carboxylic acids is 1. The molecule has 166 valence electrons. The number of carbonyl (C=O) groups is 2. The topological polar surface area (TPSA) is 77.8 Å². The first-order valence-electron chi connectivity index (χ1n) is 11.0. The average molecular weight is 442 g/mol. The van der Waals surface area contributed by atoms with Gasteiger partial charge in [0.2, 0.25) is 5.91 Å². The number of aryl methyl sites for hydroxylation is 2. The number of aliphatic hydroxyl groups is 1. The number of nitrogens with zero attached hydrogens (tertiary/aromatic N) is 1. The third kappa shape index (κ3) is 6.77. The molecule has 0 aliphatic carbocycles. The zero-order chi connectivity index (χ0) is 22.2. The molecule has 3 rings (SSSR count). The molecule has 31 heavy (non-hydrogen) atoms. The van der Waals surface area contributed by atoms with E-state index in [1.807, 2.05) is 41.3 Å². The van der Waals surface area contributed by atoms with Crippen LogP contribution in [0.5, 0.6) is 0 Å². The van der Waals surface area contributed by atoms with E-state index in [0.29, 0.717) is 17.8 Å². The standard InChI is InChI=1S/C25H31NO4S/c1-18(9-10-19-6-3-2-4-7-19)22(27)14-11-20-12-16-24(28)26(20)17-5-8-21-13-15-23(31-21)25(29)30/h2-4,6-7,11,13-15,18,20,22,27H,5,8-10,12,16-17H2,1H3,(H,29,30)/t18-,20?,22-/m0/s1. The van der Waals surface area contributed by atoms with Crippen molar-refractivity contribution in [2.24, 2.45) is 5.92 Å². The zero-order valence-corrected chi connectivity index (χ0v) is 18.8. The molecule has 1 aliphatic heterocycles. The van der Waals surface area contributed by atoms with Crippen LogP contribution in [0.25, 0.3) is 0 Å². The van der Waals surface area contributed by atoms with Crippen LogP contribution in [-0.4, -0.2) is 45.7 Å². The average Bonchev–Trinajstić information content (AvgIpc) is 3.38. The summed E-state index contributed by atoms with van der Waals surface area (Å²) >= 11 is 1.30. The smallest absolute Gasteiger partial charge is 0.345 e. The van der Waals surface area contributed by atoms with E-state index < -0.39 is 12.1 Å². The molecule has 2 aromatic rings. The molecular formula is C25H31NO4S. The molecule has 2 heterocycles. The van der Waals surface area contributed by atoms with Gasteiger partial charge < -0.3 is 15.1 Å². The molecule has 2 N–H and O–H groups in total. The zero-order valence-electron chi connectivity index (χ0n) is 17.9. The summed E-state index contributed by atoms with van der Waals surface area (Å²) < 4.78 is 0. The first-order chi connectivity index (χ1) is 14.9. The lowest BCUT2D eigenvalue weighted by Gasteiger charge is -2.23. The molecule has 0 spiro atoms. The second-order valence-corrected chi connectivity index (χ2v) is 9.41. The third-order valence-corrected chi connectivity index (χ3v) is 7.05. The lowest BCUT2D eigenvalue weighted by atomic mass is 9.95. The largest absolute Gasteiger partial charge is 0.477 e. The lowest BCUT2D eigenvalue weighted by Crippen LogP contribution is -2.33. The van der Waals surface area contributed by atoms with E-state index in [4.69, 9.17) is 5.11 Å². The van der Waals surface area contributed by atoms with Crippen LogP contribution in [0, 0.1) is 5.92 Å². The van der Waals surface area contributed by atoms with Crippen LogP contribution in [0.2, 0.25) is 0 Å². The molecule has 0 saturated carbocycles. The summed E-state index contributed by atoms with van der Waals surface area (Å²) in [5.41, 5.74) is 1.28. The predicted octanol–water partition coefficient (Wildman–Crippen LogP) is 4.56. The summed E-state index contributed by atoms with van der Waals surface area (Å²) in [6.07, 6.45) is 8.03. The van der Waals surface area contributed by atoms with Gasteiger partial charge in [0.1, 0.15) is 4.88 Å². The van der Waals surface area contributed by atoms with Crippen molar-refractivity contribution in [1.82, 2.24) is 4.90 Å². The highest BCUT2D eigenvalue weighted by molar-refractivity contribution is 7.13. The van der Waals surface area contributed by atoms with Gasteiger partial charge in [-0.25, -0.2) is 4.79 Å². The molecule has 1 fully saturated rings. The number of amides is 1. The van der Waals surface area contributed by atoms with Gasteiger partial charge in [0.25, 0.3) is 0 Å². The minimum Gasteiger partial charge on any atom is -0.477 e. The van der Waals surface area contributed by atoms with E-state index in [2.05, 4.69) is 19.1 Å². The summed E-state index contributed by atoms with van der Waals surface area (Å²) in [6, 6.07) is 13.8. The van der Waals surface area contributed by atoms with Crippen molar-refractivity contribution in [3.05, 3.63) is 69.9 Å². The molecule has 1 aromatic carbocycles. The number of carboxylic acids is 1. The van der Waals surface area contributed by atoms with Crippen LogP contribution in [0.15, 0.2) is 54.6 Å². The van der Waals surface area contributed by atoms with Crippen LogP contribution < -0.4 is 0 Å². The van der Waals surface area contributed by atoms with Gasteiger partial charge in [-0.2, -0.15) is 0 Å². The molecule has 1 aliphatic rings. The number of thiophene rings is 1. The Labute approximate surface area is 188 Å². The third-order valence-electron chi connectivity index (χ3n) is 5.91. The van der Waals surface area contributed by atoms with Crippen molar-refractivity contribution in [2.75, 3.05) is 6.54 Å². The number of hydrogen-bond acceptors (Lipinski definition) is 4. The monoisotopic (exact) mass is 441 g/mol. The Bertz CT molecular complexity index is 892. The molecule has 1 amide bonds. The van der Waals surface area contributed by atoms with Crippen LogP contribution in [0.4, 0.5) is 0 Å². The maximum atomic E-state index is 12.3. The molecular weight excluding hydrogens is 410 g/mol. The summed E-state index contributed by atoms with van der Waals surface area (Å²) in [6.45, 7) is 2.70. The fourth-order valence-corrected chi connectivity index (χ4v) is 4.83. The Hall–Kier alpha value is -2.44. The fraction of sp³-hybridized carbons (Fsp3) is 0.440. The number of likely N-dealkylation sites (tertiary alicyclic amines) is 1. The van der Waals surface area contributed by atoms with E-state index >= 15 is 0 Å². The highest BCUT2D eigenvalue weighted by atomic mass is 32.1. The van der Waals surface area contributed by atoms with Crippen molar-refractivity contribution in [3.8, 4) is 0 Å². The van der Waals surface area contributed by atoms with Crippen LogP contribution in [0.3, 0.4) is 0 Å². The van der Waals surface area contributed by atoms with Gasteiger partial charge in [0, 0.05) is 17.8 Å². The van der Waals surface area contributed by atoms with Crippen molar-refractivity contribution < 1.29 is 19.8 Å². The maximum absolute atomic E-state index is 12.3.